The van der Waals surface area contributed by atoms with Gasteiger partial charge in [-0.3, -0.25) is 0 Å². The summed E-state index contributed by atoms with van der Waals surface area (Å²) in [5.74, 6) is 0. The van der Waals surface area contributed by atoms with Crippen molar-refractivity contribution in [2.75, 3.05) is 39.9 Å². The fraction of sp³-hybridized carbons (Fsp3) is 1.00. The molecule has 0 aliphatic carbocycles. The quantitative estimate of drug-likeness (QED) is 0.513. The van der Waals surface area contributed by atoms with Crippen molar-refractivity contribution in [1.82, 2.24) is 9.03 Å². The van der Waals surface area contributed by atoms with E-state index in [1.807, 2.05) is 0 Å². The van der Waals surface area contributed by atoms with Gasteiger partial charge in [-0.2, -0.15) is 17.4 Å². The van der Waals surface area contributed by atoms with E-state index in [0.717, 1.165) is 12.8 Å². The molecule has 0 radical (unpaired) electrons. The van der Waals surface area contributed by atoms with Gasteiger partial charge in [-0.05, 0) is 19.4 Å². The van der Waals surface area contributed by atoms with E-state index in [0.29, 0.717) is 39.3 Å². The third-order valence-electron chi connectivity index (χ3n) is 2.26. The van der Waals surface area contributed by atoms with Crippen LogP contribution in [0.3, 0.4) is 0 Å². The van der Waals surface area contributed by atoms with Crippen LogP contribution in [-0.2, 0) is 14.9 Å². The van der Waals surface area contributed by atoms with Crippen molar-refractivity contribution in [2.45, 2.75) is 26.2 Å². The summed E-state index contributed by atoms with van der Waals surface area (Å²) in [6.07, 6.45) is 2.74. The molecule has 3 N–H and O–H groups in total. The second-order valence-corrected chi connectivity index (χ2v) is 5.69. The minimum absolute atomic E-state index is 0.305. The zero-order valence-electron chi connectivity index (χ0n) is 10.8. The Morgan fingerprint density at radius 1 is 1.29 bits per heavy atom. The molecule has 17 heavy (non-hydrogen) atoms. The van der Waals surface area contributed by atoms with Crippen molar-refractivity contribution in [2.24, 2.45) is 5.73 Å². The summed E-state index contributed by atoms with van der Waals surface area (Å²) in [6.45, 7) is 4.39. The number of hydrogen-bond donors (Lipinski definition) is 2. The van der Waals surface area contributed by atoms with Gasteiger partial charge in [0.25, 0.3) is 10.2 Å². The SMILES string of the molecule is CCCCOCCNS(=O)(=O)N(C)CCCN. The molecule has 0 aliphatic rings. The van der Waals surface area contributed by atoms with Crippen molar-refractivity contribution in [3.05, 3.63) is 0 Å². The molecule has 7 heteroatoms. The summed E-state index contributed by atoms with van der Waals surface area (Å²) < 4.78 is 32.3. The van der Waals surface area contributed by atoms with Crippen LogP contribution in [0.2, 0.25) is 0 Å². The van der Waals surface area contributed by atoms with E-state index in [4.69, 9.17) is 10.5 Å². The highest BCUT2D eigenvalue weighted by atomic mass is 32.2. The molecular formula is C10H25N3O3S. The van der Waals surface area contributed by atoms with Gasteiger partial charge >= 0.3 is 0 Å². The first kappa shape index (κ1) is 16.8. The Morgan fingerprint density at radius 2 is 2.00 bits per heavy atom. The van der Waals surface area contributed by atoms with Crippen LogP contribution in [0.5, 0.6) is 0 Å². The van der Waals surface area contributed by atoms with E-state index >= 15 is 0 Å². The maximum Gasteiger partial charge on any atom is 0.279 e. The first-order chi connectivity index (χ1) is 8.04. The lowest BCUT2D eigenvalue weighted by Crippen LogP contribution is -2.40. The molecule has 0 unspecified atom stereocenters. The van der Waals surface area contributed by atoms with Crippen LogP contribution in [0, 0.1) is 0 Å². The van der Waals surface area contributed by atoms with Crippen molar-refractivity contribution in [1.29, 1.82) is 0 Å². The lowest BCUT2D eigenvalue weighted by atomic mass is 10.4. The van der Waals surface area contributed by atoms with Crippen LogP contribution in [0.4, 0.5) is 0 Å². The summed E-state index contributed by atoms with van der Waals surface area (Å²) in [7, 11) is -1.84. The van der Waals surface area contributed by atoms with Gasteiger partial charge in [0.15, 0.2) is 0 Å². The molecule has 0 bridgehead atoms. The van der Waals surface area contributed by atoms with Gasteiger partial charge in [0.2, 0.25) is 0 Å². The van der Waals surface area contributed by atoms with E-state index in [2.05, 4.69) is 11.6 Å². The zero-order valence-corrected chi connectivity index (χ0v) is 11.6. The Morgan fingerprint density at radius 3 is 2.59 bits per heavy atom. The fourth-order valence-corrected chi connectivity index (χ4v) is 2.07. The lowest BCUT2D eigenvalue weighted by molar-refractivity contribution is 0.136. The number of nitrogens with two attached hydrogens (primary N) is 1. The number of nitrogens with zero attached hydrogens (tertiary/aromatic N) is 1. The largest absolute Gasteiger partial charge is 0.380 e. The second-order valence-electron chi connectivity index (χ2n) is 3.83. The predicted octanol–water partition coefficient (Wildman–Crippen LogP) is -0.0819. The van der Waals surface area contributed by atoms with Crippen molar-refractivity contribution in [3.8, 4) is 0 Å². The number of nitrogens with one attached hydrogen (secondary N) is 1. The van der Waals surface area contributed by atoms with Crippen molar-refractivity contribution < 1.29 is 13.2 Å². The Kier molecular flexibility index (Phi) is 9.66. The summed E-state index contributed by atoms with van der Waals surface area (Å²) >= 11 is 0. The average Bonchev–Trinajstić information content (AvgIpc) is 2.30. The summed E-state index contributed by atoms with van der Waals surface area (Å²) in [4.78, 5) is 0. The van der Waals surface area contributed by atoms with Crippen LogP contribution >= 0.6 is 0 Å². The van der Waals surface area contributed by atoms with Crippen LogP contribution in [0.1, 0.15) is 26.2 Å². The second kappa shape index (κ2) is 9.78. The van der Waals surface area contributed by atoms with Gasteiger partial charge in [0, 0.05) is 26.7 Å². The number of rotatable bonds is 11. The molecule has 0 aromatic rings. The molecule has 0 rings (SSSR count). The summed E-state index contributed by atoms with van der Waals surface area (Å²) in [5, 5.41) is 0. The molecule has 6 nitrogen and oxygen atoms in total. The van der Waals surface area contributed by atoms with E-state index in [-0.39, 0.29) is 0 Å². The van der Waals surface area contributed by atoms with E-state index in [9.17, 15) is 8.42 Å². The third-order valence-corrected chi connectivity index (χ3v) is 3.83. The Balaban J connectivity index is 3.70. The van der Waals surface area contributed by atoms with Gasteiger partial charge in [-0.25, -0.2) is 0 Å². The molecule has 0 saturated carbocycles. The molecule has 0 atom stereocenters. The maximum atomic E-state index is 11.6. The lowest BCUT2D eigenvalue weighted by Gasteiger charge is -2.17. The Labute approximate surface area is 105 Å². The highest BCUT2D eigenvalue weighted by molar-refractivity contribution is 7.87. The van der Waals surface area contributed by atoms with E-state index in [1.165, 1.54) is 11.4 Å². The summed E-state index contributed by atoms with van der Waals surface area (Å²) in [5.41, 5.74) is 5.33. The normalized spacial score (nSPS) is 12.2. The molecule has 0 aromatic heterocycles. The van der Waals surface area contributed by atoms with Gasteiger partial charge in [-0.1, -0.05) is 13.3 Å². The Bertz CT molecular complexity index is 270. The van der Waals surface area contributed by atoms with Crippen LogP contribution < -0.4 is 10.5 Å². The van der Waals surface area contributed by atoms with Crippen LogP contribution in [0.15, 0.2) is 0 Å². The molecule has 0 spiro atoms. The molecule has 0 amide bonds. The minimum Gasteiger partial charge on any atom is -0.380 e. The number of hydrogen-bond acceptors (Lipinski definition) is 4. The molecule has 0 saturated heterocycles. The first-order valence-electron chi connectivity index (χ1n) is 6.03. The highest BCUT2D eigenvalue weighted by Gasteiger charge is 2.15. The van der Waals surface area contributed by atoms with Gasteiger partial charge < -0.3 is 10.5 Å². The van der Waals surface area contributed by atoms with E-state index < -0.39 is 10.2 Å². The van der Waals surface area contributed by atoms with E-state index in [1.54, 1.807) is 0 Å². The molecule has 104 valence electrons. The topological polar surface area (TPSA) is 84.7 Å². The highest BCUT2D eigenvalue weighted by Crippen LogP contribution is 1.94. The standard InChI is InChI=1S/C10H25N3O3S/c1-3-4-9-16-10-7-12-17(14,15)13(2)8-5-6-11/h12H,3-11H2,1-2H3. The zero-order chi connectivity index (χ0) is 13.1. The van der Waals surface area contributed by atoms with Crippen LogP contribution in [-0.4, -0.2) is 52.6 Å². The molecule has 0 heterocycles. The van der Waals surface area contributed by atoms with Crippen molar-refractivity contribution in [3.63, 3.8) is 0 Å². The molecule has 0 fully saturated rings. The van der Waals surface area contributed by atoms with Crippen LogP contribution in [0.25, 0.3) is 0 Å². The molecular weight excluding hydrogens is 242 g/mol. The average molecular weight is 267 g/mol. The minimum atomic E-state index is -3.38. The molecule has 0 aromatic carbocycles. The fourth-order valence-electron chi connectivity index (χ4n) is 1.14. The molecule has 0 aliphatic heterocycles. The third kappa shape index (κ3) is 8.50. The van der Waals surface area contributed by atoms with Gasteiger partial charge in [0.05, 0.1) is 6.61 Å². The van der Waals surface area contributed by atoms with Gasteiger partial charge in [-0.15, -0.1) is 0 Å². The maximum absolute atomic E-state index is 11.6. The predicted molar refractivity (Wildman–Crippen MR) is 69.0 cm³/mol. The smallest absolute Gasteiger partial charge is 0.279 e. The van der Waals surface area contributed by atoms with Crippen molar-refractivity contribution >= 4 is 10.2 Å². The monoisotopic (exact) mass is 267 g/mol. The number of ether oxygens (including phenoxy) is 1. The Hall–Kier alpha value is -0.210. The number of unbranched alkanes of at least 4 members (excludes halogenated alkanes) is 1. The van der Waals surface area contributed by atoms with Gasteiger partial charge in [0.1, 0.15) is 0 Å². The summed E-state index contributed by atoms with van der Waals surface area (Å²) in [6, 6.07) is 0. The first-order valence-corrected chi connectivity index (χ1v) is 7.47.